The van der Waals surface area contributed by atoms with Gasteiger partial charge in [0, 0.05) is 18.8 Å². The summed E-state index contributed by atoms with van der Waals surface area (Å²) in [5, 5.41) is 11.5. The van der Waals surface area contributed by atoms with E-state index < -0.39 is 28.7 Å². The molecule has 6 nitrogen and oxygen atoms in total. The maximum absolute atomic E-state index is 13.5. The largest absolute Gasteiger partial charge is 0.469 e. The van der Waals surface area contributed by atoms with Crippen molar-refractivity contribution in [2.75, 3.05) is 7.11 Å². The molecule has 0 heterocycles. The van der Waals surface area contributed by atoms with Crippen molar-refractivity contribution in [3.05, 3.63) is 12.2 Å². The van der Waals surface area contributed by atoms with Crippen LogP contribution in [0.3, 0.4) is 0 Å². The number of aliphatic hydroxyl groups excluding tert-OH is 1. The van der Waals surface area contributed by atoms with Crippen LogP contribution in [0.2, 0.25) is 36.3 Å². The second-order valence-corrected chi connectivity index (χ2v) is 24.7. The topological polar surface area (TPSA) is 82.1 Å². The van der Waals surface area contributed by atoms with Gasteiger partial charge < -0.3 is 18.7 Å². The Labute approximate surface area is 254 Å². The van der Waals surface area contributed by atoms with Crippen molar-refractivity contribution in [2.45, 2.75) is 167 Å². The van der Waals surface area contributed by atoms with Crippen LogP contribution in [-0.4, -0.2) is 58.9 Å². The molecule has 8 heteroatoms. The van der Waals surface area contributed by atoms with Gasteiger partial charge in [0.25, 0.3) is 0 Å². The van der Waals surface area contributed by atoms with Crippen LogP contribution < -0.4 is 0 Å². The lowest BCUT2D eigenvalue weighted by atomic mass is 9.86. The summed E-state index contributed by atoms with van der Waals surface area (Å²) in [7, 11) is -2.73. The molecule has 1 saturated carbocycles. The zero-order chi connectivity index (χ0) is 31.6. The van der Waals surface area contributed by atoms with Gasteiger partial charge >= 0.3 is 5.97 Å². The van der Waals surface area contributed by atoms with Gasteiger partial charge in [0.1, 0.15) is 5.78 Å². The van der Waals surface area contributed by atoms with Crippen molar-refractivity contribution in [1.29, 1.82) is 0 Å². The van der Waals surface area contributed by atoms with E-state index in [0.717, 1.165) is 38.5 Å². The molecule has 0 spiro atoms. The molecule has 1 aliphatic carbocycles. The van der Waals surface area contributed by atoms with Crippen LogP contribution in [0.15, 0.2) is 12.2 Å². The number of hydrogen-bond acceptors (Lipinski definition) is 6. The fraction of sp³-hybridized carbons (Fsp3) is 0.879. The standard InChI is InChI=1S/C33H64O6Si2/c1-13-14-16-19-25(38-40(9,10)32(2,3)4)22-23-26-29(39-41(11,12)33(5,6)7)24-28(35)31(26)27(34)20-17-15-18-21-30(36)37-8/h22-23,25-27,29,31,34H,13-21,24H2,1-12H3/b23-22+. The van der Waals surface area contributed by atoms with Gasteiger partial charge in [0.15, 0.2) is 16.6 Å². The minimum absolute atomic E-state index is 0.0113. The van der Waals surface area contributed by atoms with Crippen molar-refractivity contribution < 1.29 is 28.3 Å². The Morgan fingerprint density at radius 2 is 1.54 bits per heavy atom. The predicted octanol–water partition coefficient (Wildman–Crippen LogP) is 8.59. The number of carbonyl (C=O) groups is 2. The van der Waals surface area contributed by atoms with Gasteiger partial charge in [-0.25, -0.2) is 0 Å². The molecule has 5 atom stereocenters. The van der Waals surface area contributed by atoms with Gasteiger partial charge in [0.05, 0.1) is 31.3 Å². The van der Waals surface area contributed by atoms with E-state index in [2.05, 4.69) is 86.8 Å². The molecule has 240 valence electrons. The Bertz CT molecular complexity index is 840. The Kier molecular flexibility index (Phi) is 15.2. The van der Waals surface area contributed by atoms with E-state index in [9.17, 15) is 14.7 Å². The number of aliphatic hydroxyl groups is 1. The zero-order valence-corrected chi connectivity index (χ0v) is 30.6. The number of Topliss-reactive ketones (excluding diaryl/α,β-unsaturated/α-hetero) is 1. The third-order valence-corrected chi connectivity index (χ3v) is 18.8. The fourth-order valence-electron chi connectivity index (χ4n) is 4.99. The van der Waals surface area contributed by atoms with Crippen molar-refractivity contribution in [2.24, 2.45) is 11.8 Å². The lowest BCUT2D eigenvalue weighted by molar-refractivity contribution is -0.140. The van der Waals surface area contributed by atoms with Crippen LogP contribution in [-0.2, 0) is 23.2 Å². The van der Waals surface area contributed by atoms with Crippen LogP contribution in [0, 0.1) is 11.8 Å². The maximum atomic E-state index is 13.5. The molecular formula is C33H64O6Si2. The smallest absolute Gasteiger partial charge is 0.305 e. The molecule has 1 rings (SSSR count). The lowest BCUT2D eigenvalue weighted by Gasteiger charge is -2.40. The predicted molar refractivity (Wildman–Crippen MR) is 175 cm³/mol. The number of ketones is 1. The molecule has 0 aliphatic heterocycles. The average Bonchev–Trinajstić information content (AvgIpc) is 3.14. The number of carbonyl (C=O) groups excluding carboxylic acids is 2. The summed E-state index contributed by atoms with van der Waals surface area (Å²) < 4.78 is 18.5. The first-order chi connectivity index (χ1) is 18.8. The van der Waals surface area contributed by atoms with Gasteiger partial charge in [0.2, 0.25) is 0 Å². The summed E-state index contributed by atoms with van der Waals surface area (Å²) in [6.45, 7) is 24.7. The Hall–Kier alpha value is -0.806. The van der Waals surface area contributed by atoms with Gasteiger partial charge in [-0.1, -0.05) is 92.7 Å². The highest BCUT2D eigenvalue weighted by molar-refractivity contribution is 6.74. The molecule has 0 aromatic carbocycles. The fourth-order valence-corrected chi connectivity index (χ4v) is 7.64. The molecule has 0 aromatic heterocycles. The minimum atomic E-state index is -2.14. The second-order valence-electron chi connectivity index (χ2n) is 15.2. The average molecular weight is 613 g/mol. The molecule has 1 aliphatic rings. The van der Waals surface area contributed by atoms with Crippen molar-refractivity contribution in [3.63, 3.8) is 0 Å². The van der Waals surface area contributed by atoms with E-state index in [-0.39, 0.29) is 40.0 Å². The summed E-state index contributed by atoms with van der Waals surface area (Å²) in [6.07, 6.45) is 11.3. The van der Waals surface area contributed by atoms with E-state index in [1.807, 2.05) is 0 Å². The molecule has 1 fully saturated rings. The van der Waals surface area contributed by atoms with Crippen molar-refractivity contribution in [1.82, 2.24) is 0 Å². The maximum Gasteiger partial charge on any atom is 0.305 e. The van der Waals surface area contributed by atoms with Crippen molar-refractivity contribution >= 4 is 28.4 Å². The number of esters is 1. The molecule has 1 N–H and O–H groups in total. The van der Waals surface area contributed by atoms with Crippen LogP contribution in [0.5, 0.6) is 0 Å². The number of hydrogen-bond donors (Lipinski definition) is 1. The normalized spacial score (nSPS) is 22.4. The minimum Gasteiger partial charge on any atom is -0.469 e. The molecular weight excluding hydrogens is 549 g/mol. The Morgan fingerprint density at radius 1 is 0.951 bits per heavy atom. The van der Waals surface area contributed by atoms with Crippen molar-refractivity contribution in [3.8, 4) is 0 Å². The molecule has 0 radical (unpaired) electrons. The Balaban J connectivity index is 3.24. The van der Waals surface area contributed by atoms with E-state index in [0.29, 0.717) is 19.3 Å². The number of methoxy groups -OCH3 is 1. The molecule has 0 saturated heterocycles. The van der Waals surface area contributed by atoms with Gasteiger partial charge in [-0.05, 0) is 55.5 Å². The molecule has 41 heavy (non-hydrogen) atoms. The SMILES string of the molecule is CCCCCC(/C=C/C1C(O[Si](C)(C)C(C)(C)C)CC(=O)C1C(O)CCCCCC(=O)OC)O[Si](C)(C)C(C)(C)C. The number of unbranched alkanes of at least 4 members (excludes halogenated alkanes) is 4. The van der Waals surface area contributed by atoms with Crippen LogP contribution in [0.25, 0.3) is 0 Å². The van der Waals surface area contributed by atoms with Crippen LogP contribution in [0.4, 0.5) is 0 Å². The third kappa shape index (κ3) is 12.0. The molecule has 0 amide bonds. The van der Waals surface area contributed by atoms with Gasteiger partial charge in [-0.15, -0.1) is 0 Å². The van der Waals surface area contributed by atoms with E-state index in [4.69, 9.17) is 13.6 Å². The highest BCUT2D eigenvalue weighted by atomic mass is 28.4. The lowest BCUT2D eigenvalue weighted by Crippen LogP contribution is -2.45. The zero-order valence-electron chi connectivity index (χ0n) is 28.6. The van der Waals surface area contributed by atoms with E-state index in [1.165, 1.54) is 13.5 Å². The summed E-state index contributed by atoms with van der Waals surface area (Å²) >= 11 is 0. The molecule has 0 aromatic rings. The number of ether oxygens (including phenoxy) is 1. The van der Waals surface area contributed by atoms with E-state index >= 15 is 0 Å². The first-order valence-corrected chi connectivity index (χ1v) is 21.9. The monoisotopic (exact) mass is 612 g/mol. The summed E-state index contributed by atoms with van der Waals surface area (Å²) in [6, 6.07) is 0. The van der Waals surface area contributed by atoms with Gasteiger partial charge in [-0.3, -0.25) is 9.59 Å². The Morgan fingerprint density at radius 3 is 2.07 bits per heavy atom. The molecule has 0 bridgehead atoms. The third-order valence-electron chi connectivity index (χ3n) is 9.79. The first kappa shape index (κ1) is 38.2. The summed E-state index contributed by atoms with van der Waals surface area (Å²) in [5.74, 6) is -0.775. The van der Waals surface area contributed by atoms with Crippen LogP contribution >= 0.6 is 0 Å². The summed E-state index contributed by atoms with van der Waals surface area (Å²) in [5.41, 5.74) is 0. The van der Waals surface area contributed by atoms with E-state index in [1.54, 1.807) is 0 Å². The highest BCUT2D eigenvalue weighted by Gasteiger charge is 2.49. The molecule has 5 unspecified atom stereocenters. The second kappa shape index (κ2) is 16.3. The summed E-state index contributed by atoms with van der Waals surface area (Å²) in [4.78, 5) is 24.9. The quantitative estimate of drug-likeness (QED) is 0.0767. The first-order valence-electron chi connectivity index (χ1n) is 16.1. The number of rotatable bonds is 17. The van der Waals surface area contributed by atoms with Gasteiger partial charge in [-0.2, -0.15) is 0 Å². The van der Waals surface area contributed by atoms with Crippen LogP contribution in [0.1, 0.15) is 113 Å². The highest BCUT2D eigenvalue weighted by Crippen LogP contribution is 2.44.